The van der Waals surface area contributed by atoms with Crippen molar-refractivity contribution < 1.29 is 19.0 Å². The predicted octanol–water partition coefficient (Wildman–Crippen LogP) is 1.94. The van der Waals surface area contributed by atoms with Gasteiger partial charge in [-0.3, -0.25) is 4.79 Å². The van der Waals surface area contributed by atoms with E-state index in [4.69, 9.17) is 14.2 Å². The summed E-state index contributed by atoms with van der Waals surface area (Å²) in [6, 6.07) is 3.69. The Balaban J connectivity index is 1.70. The van der Waals surface area contributed by atoms with Crippen molar-refractivity contribution in [2.24, 2.45) is 5.92 Å². The van der Waals surface area contributed by atoms with E-state index in [0.717, 1.165) is 11.1 Å². The van der Waals surface area contributed by atoms with Crippen LogP contribution < -0.4 is 19.5 Å². The lowest BCUT2D eigenvalue weighted by Gasteiger charge is -2.19. The second-order valence-corrected chi connectivity index (χ2v) is 6.64. The zero-order valence-corrected chi connectivity index (χ0v) is 15.9. The largest absolute Gasteiger partial charge is 0.491 e. The van der Waals surface area contributed by atoms with Crippen molar-refractivity contribution in [1.29, 1.82) is 0 Å². The van der Waals surface area contributed by atoms with Crippen LogP contribution in [-0.4, -0.2) is 52.7 Å². The van der Waals surface area contributed by atoms with Gasteiger partial charge in [0.2, 0.25) is 11.8 Å². The Labute approximate surface area is 161 Å². The lowest BCUT2D eigenvalue weighted by Crippen LogP contribution is -2.26. The number of carbonyl (C=O) groups is 1. The molecule has 4 heterocycles. The van der Waals surface area contributed by atoms with Gasteiger partial charge in [0.15, 0.2) is 11.3 Å². The summed E-state index contributed by atoms with van der Waals surface area (Å²) in [4.78, 5) is 27.9. The molecule has 2 atom stereocenters. The van der Waals surface area contributed by atoms with Gasteiger partial charge in [-0.25, -0.2) is 15.0 Å². The summed E-state index contributed by atoms with van der Waals surface area (Å²) in [6.07, 6.45) is 3.52. The minimum atomic E-state index is -0.190. The third-order valence-corrected chi connectivity index (χ3v) is 4.87. The molecule has 1 saturated heterocycles. The Morgan fingerprint density at radius 3 is 2.75 bits per heavy atom. The van der Waals surface area contributed by atoms with E-state index in [1.165, 1.54) is 7.11 Å². The quantitative estimate of drug-likeness (QED) is 0.669. The van der Waals surface area contributed by atoms with Crippen molar-refractivity contribution in [1.82, 2.24) is 25.3 Å². The third-order valence-electron chi connectivity index (χ3n) is 4.87. The summed E-state index contributed by atoms with van der Waals surface area (Å²) in [5.74, 6) is 1.46. The number of rotatable bonds is 6. The molecule has 146 valence electrons. The van der Waals surface area contributed by atoms with Gasteiger partial charge < -0.3 is 24.5 Å². The molecule has 28 heavy (non-hydrogen) atoms. The number of hydrogen-bond acceptors (Lipinski definition) is 7. The average molecular weight is 383 g/mol. The smallest absolute Gasteiger partial charge is 0.256 e. The molecule has 9 heteroatoms. The zero-order valence-electron chi connectivity index (χ0n) is 15.9. The van der Waals surface area contributed by atoms with Gasteiger partial charge in [0.1, 0.15) is 6.10 Å². The van der Waals surface area contributed by atoms with Gasteiger partial charge in [-0.2, -0.15) is 0 Å². The number of aromatic amines is 1. The Hall–Kier alpha value is -3.36. The number of hydrogen-bond donors (Lipinski definition) is 2. The maximum atomic E-state index is 11.5. The normalized spacial score (nSPS) is 17.4. The predicted molar refractivity (Wildman–Crippen MR) is 101 cm³/mol. The highest BCUT2D eigenvalue weighted by Gasteiger charge is 2.29. The fourth-order valence-electron chi connectivity index (χ4n) is 3.25. The van der Waals surface area contributed by atoms with Crippen LogP contribution in [0.4, 0.5) is 0 Å². The van der Waals surface area contributed by atoms with E-state index >= 15 is 0 Å². The molecule has 0 spiro atoms. The van der Waals surface area contributed by atoms with E-state index in [2.05, 4.69) is 25.3 Å². The number of fused-ring (bicyclic) bond motifs is 1. The second-order valence-electron chi connectivity index (χ2n) is 6.64. The van der Waals surface area contributed by atoms with Crippen LogP contribution in [0.15, 0.2) is 24.7 Å². The van der Waals surface area contributed by atoms with Gasteiger partial charge in [0.05, 0.1) is 31.8 Å². The highest BCUT2D eigenvalue weighted by Crippen LogP contribution is 2.33. The number of amides is 1. The molecule has 1 aliphatic rings. The van der Waals surface area contributed by atoms with Crippen LogP contribution in [0.25, 0.3) is 22.3 Å². The lowest BCUT2D eigenvalue weighted by atomic mass is 10.0. The molecular formula is C19H21N5O4. The van der Waals surface area contributed by atoms with Crippen LogP contribution in [0.2, 0.25) is 0 Å². The molecule has 3 aromatic heterocycles. The highest BCUT2D eigenvalue weighted by molar-refractivity contribution is 5.84. The summed E-state index contributed by atoms with van der Waals surface area (Å²) in [5, 5.41) is 2.83. The van der Waals surface area contributed by atoms with Crippen LogP contribution in [0.1, 0.15) is 13.3 Å². The molecule has 0 radical (unpaired) electrons. The van der Waals surface area contributed by atoms with Gasteiger partial charge in [0, 0.05) is 30.6 Å². The molecule has 2 N–H and O–H groups in total. The monoisotopic (exact) mass is 383 g/mol. The zero-order chi connectivity index (χ0) is 19.7. The van der Waals surface area contributed by atoms with E-state index in [1.54, 1.807) is 19.6 Å². The first-order chi connectivity index (χ1) is 13.6. The number of nitrogens with zero attached hydrogens (tertiary/aromatic N) is 3. The van der Waals surface area contributed by atoms with Crippen LogP contribution in [0, 0.1) is 5.92 Å². The average Bonchev–Trinajstić information content (AvgIpc) is 3.36. The SMILES string of the molecule is COc1cc(-c2cc3[nH]cnc3c(O[C@H](C)[C@H]3CNC(=O)C3)n2)cnc1OC. The van der Waals surface area contributed by atoms with E-state index in [-0.39, 0.29) is 17.9 Å². The first kappa shape index (κ1) is 18.0. The topological polar surface area (TPSA) is 111 Å². The lowest BCUT2D eigenvalue weighted by molar-refractivity contribution is -0.119. The maximum absolute atomic E-state index is 11.5. The van der Waals surface area contributed by atoms with Crippen molar-refractivity contribution in [3.8, 4) is 28.8 Å². The summed E-state index contributed by atoms with van der Waals surface area (Å²) >= 11 is 0. The minimum Gasteiger partial charge on any atom is -0.491 e. The summed E-state index contributed by atoms with van der Waals surface area (Å²) in [7, 11) is 3.09. The standard InChI is InChI=1S/C19H21N5O4/c1-10(11-5-16(25)20-7-11)28-19-17-14(22-9-23-17)6-13(24-19)12-4-15(26-2)18(27-3)21-8-12/h4,6,8-11H,5,7H2,1-3H3,(H,20,25)(H,22,23)/t10-,11-/m1/s1. The van der Waals surface area contributed by atoms with Crippen molar-refractivity contribution in [2.45, 2.75) is 19.4 Å². The molecule has 0 bridgehead atoms. The van der Waals surface area contributed by atoms with Gasteiger partial charge in [-0.1, -0.05) is 0 Å². The van der Waals surface area contributed by atoms with Crippen LogP contribution in [0.3, 0.4) is 0 Å². The fourth-order valence-corrected chi connectivity index (χ4v) is 3.25. The molecule has 0 saturated carbocycles. The Kier molecular flexibility index (Phi) is 4.72. The van der Waals surface area contributed by atoms with Gasteiger partial charge in [0.25, 0.3) is 5.88 Å². The van der Waals surface area contributed by atoms with E-state index in [1.807, 2.05) is 19.1 Å². The van der Waals surface area contributed by atoms with Gasteiger partial charge >= 0.3 is 0 Å². The number of imidazole rings is 1. The van der Waals surface area contributed by atoms with Crippen molar-refractivity contribution >= 4 is 16.9 Å². The first-order valence-corrected chi connectivity index (χ1v) is 8.95. The Bertz CT molecular complexity index is 1020. The number of aromatic nitrogens is 4. The van der Waals surface area contributed by atoms with E-state index < -0.39 is 0 Å². The molecule has 9 nitrogen and oxygen atoms in total. The molecule has 0 unspecified atom stereocenters. The molecular weight excluding hydrogens is 362 g/mol. The van der Waals surface area contributed by atoms with Gasteiger partial charge in [-0.05, 0) is 19.1 Å². The van der Waals surface area contributed by atoms with E-state index in [0.29, 0.717) is 41.7 Å². The van der Waals surface area contributed by atoms with Crippen LogP contribution in [-0.2, 0) is 4.79 Å². The number of carbonyl (C=O) groups excluding carboxylic acids is 1. The Morgan fingerprint density at radius 2 is 2.04 bits per heavy atom. The minimum absolute atomic E-state index is 0.0449. The van der Waals surface area contributed by atoms with Crippen molar-refractivity contribution in [3.63, 3.8) is 0 Å². The first-order valence-electron chi connectivity index (χ1n) is 8.95. The number of ether oxygens (including phenoxy) is 3. The number of H-pyrrole nitrogens is 1. The molecule has 0 aliphatic carbocycles. The third kappa shape index (κ3) is 3.30. The van der Waals surface area contributed by atoms with Crippen LogP contribution in [0.5, 0.6) is 17.5 Å². The highest BCUT2D eigenvalue weighted by atomic mass is 16.5. The number of pyridine rings is 2. The van der Waals surface area contributed by atoms with Crippen molar-refractivity contribution in [2.75, 3.05) is 20.8 Å². The number of methoxy groups -OCH3 is 2. The molecule has 4 rings (SSSR count). The molecule has 0 aromatic carbocycles. The summed E-state index contributed by atoms with van der Waals surface area (Å²) in [5.41, 5.74) is 2.85. The second kappa shape index (κ2) is 7.34. The molecule has 1 amide bonds. The van der Waals surface area contributed by atoms with E-state index in [9.17, 15) is 4.79 Å². The van der Waals surface area contributed by atoms with Gasteiger partial charge in [-0.15, -0.1) is 0 Å². The number of nitrogens with one attached hydrogen (secondary N) is 2. The Morgan fingerprint density at radius 1 is 1.18 bits per heavy atom. The summed E-state index contributed by atoms with van der Waals surface area (Å²) in [6.45, 7) is 2.54. The van der Waals surface area contributed by atoms with Crippen molar-refractivity contribution in [3.05, 3.63) is 24.7 Å². The molecule has 1 fully saturated rings. The molecule has 3 aromatic rings. The fraction of sp³-hybridized carbons (Fsp3) is 0.368. The van der Waals surface area contributed by atoms with Crippen LogP contribution >= 0.6 is 0 Å². The molecule has 1 aliphatic heterocycles. The summed E-state index contributed by atoms with van der Waals surface area (Å²) < 4.78 is 16.7. The maximum Gasteiger partial charge on any atom is 0.256 e.